The maximum atomic E-state index is 10.6. The summed E-state index contributed by atoms with van der Waals surface area (Å²) in [4.78, 5) is 1.96. The third kappa shape index (κ3) is 6.76. The minimum Gasteiger partial charge on any atom is -0.296 e. The van der Waals surface area contributed by atoms with Crippen molar-refractivity contribution in [2.45, 2.75) is 0 Å². The standard InChI is InChI=1S/C5H12INO2S/c1-7(5-6)3-4-10(2,8)9/h3-5H2,1-2H3. The fourth-order valence-electron chi connectivity index (χ4n) is 0.381. The van der Waals surface area contributed by atoms with E-state index in [1.54, 1.807) is 0 Å². The Morgan fingerprint density at radius 3 is 2.30 bits per heavy atom. The maximum Gasteiger partial charge on any atom is 0.148 e. The van der Waals surface area contributed by atoms with E-state index in [1.807, 2.05) is 11.9 Å². The van der Waals surface area contributed by atoms with Gasteiger partial charge in [0.1, 0.15) is 9.84 Å². The van der Waals surface area contributed by atoms with Crippen LogP contribution in [0.2, 0.25) is 0 Å². The van der Waals surface area contributed by atoms with Crippen LogP contribution in [0.5, 0.6) is 0 Å². The van der Waals surface area contributed by atoms with E-state index in [0.717, 1.165) is 4.55 Å². The van der Waals surface area contributed by atoms with Crippen molar-refractivity contribution in [2.24, 2.45) is 0 Å². The van der Waals surface area contributed by atoms with Crippen molar-refractivity contribution in [3.63, 3.8) is 0 Å². The molecule has 0 unspecified atom stereocenters. The lowest BCUT2D eigenvalue weighted by Gasteiger charge is -2.10. The maximum absolute atomic E-state index is 10.6. The zero-order valence-electron chi connectivity index (χ0n) is 6.17. The molecule has 62 valence electrons. The molecule has 0 aromatic heterocycles. The minimum atomic E-state index is -2.77. The SMILES string of the molecule is CN(CI)CCS(C)(=O)=O. The molecule has 0 bridgehead atoms. The van der Waals surface area contributed by atoms with E-state index in [-0.39, 0.29) is 5.75 Å². The fraction of sp³-hybridized carbons (Fsp3) is 1.00. The van der Waals surface area contributed by atoms with Gasteiger partial charge < -0.3 is 0 Å². The molecule has 0 saturated heterocycles. The normalized spacial score (nSPS) is 12.4. The summed E-state index contributed by atoms with van der Waals surface area (Å²) in [7, 11) is -0.874. The van der Waals surface area contributed by atoms with Gasteiger partial charge in [0.2, 0.25) is 0 Å². The molecule has 5 heteroatoms. The van der Waals surface area contributed by atoms with Crippen molar-refractivity contribution in [1.82, 2.24) is 4.90 Å². The molecule has 0 aliphatic carbocycles. The molecule has 0 radical (unpaired) electrons. The second-order valence-electron chi connectivity index (χ2n) is 2.33. The van der Waals surface area contributed by atoms with Gasteiger partial charge in [-0.2, -0.15) is 0 Å². The molecule has 0 rings (SSSR count). The summed E-state index contributed by atoms with van der Waals surface area (Å²) in [5.74, 6) is 0.256. The molecular formula is C5H12INO2S. The lowest BCUT2D eigenvalue weighted by molar-refractivity contribution is 0.425. The zero-order chi connectivity index (χ0) is 8.20. The van der Waals surface area contributed by atoms with Crippen LogP contribution in [0.1, 0.15) is 0 Å². The van der Waals surface area contributed by atoms with E-state index in [1.165, 1.54) is 6.26 Å². The minimum absolute atomic E-state index is 0.256. The van der Waals surface area contributed by atoms with E-state index < -0.39 is 9.84 Å². The summed E-state index contributed by atoms with van der Waals surface area (Å²) in [6, 6.07) is 0. The molecule has 0 aromatic rings. The smallest absolute Gasteiger partial charge is 0.148 e. The molecule has 3 nitrogen and oxygen atoms in total. The molecule has 0 N–H and O–H groups in total. The molecule has 0 fully saturated rings. The van der Waals surface area contributed by atoms with Crippen LogP contribution >= 0.6 is 22.6 Å². The summed E-state index contributed by atoms with van der Waals surface area (Å²) in [6.45, 7) is 0.627. The van der Waals surface area contributed by atoms with Crippen LogP contribution in [-0.4, -0.2) is 43.5 Å². The van der Waals surface area contributed by atoms with Crippen molar-refractivity contribution < 1.29 is 8.42 Å². The molecular weight excluding hydrogens is 265 g/mol. The fourth-order valence-corrected chi connectivity index (χ4v) is 1.37. The molecule has 0 aliphatic rings. The molecule has 0 atom stereocenters. The first-order chi connectivity index (χ1) is 4.45. The van der Waals surface area contributed by atoms with Gasteiger partial charge >= 0.3 is 0 Å². The summed E-state index contributed by atoms with van der Waals surface area (Å²) >= 11 is 2.20. The van der Waals surface area contributed by atoms with Crippen molar-refractivity contribution in [3.05, 3.63) is 0 Å². The first-order valence-corrected chi connectivity index (χ1v) is 6.46. The van der Waals surface area contributed by atoms with Gasteiger partial charge in [-0.05, 0) is 7.05 Å². The highest BCUT2D eigenvalue weighted by Crippen LogP contribution is 1.91. The number of hydrogen-bond acceptors (Lipinski definition) is 3. The summed E-state index contributed by atoms with van der Waals surface area (Å²) < 4.78 is 22.1. The van der Waals surface area contributed by atoms with Gasteiger partial charge in [0, 0.05) is 12.8 Å². The number of halogens is 1. The van der Waals surface area contributed by atoms with Crippen LogP contribution in [-0.2, 0) is 9.84 Å². The Bertz CT molecular complexity index is 178. The quantitative estimate of drug-likeness (QED) is 0.423. The Balaban J connectivity index is 3.56. The Labute approximate surface area is 75.8 Å². The Morgan fingerprint density at radius 1 is 1.50 bits per heavy atom. The molecule has 0 saturated carbocycles. The van der Waals surface area contributed by atoms with E-state index in [2.05, 4.69) is 22.6 Å². The monoisotopic (exact) mass is 277 g/mol. The highest BCUT2D eigenvalue weighted by atomic mass is 127. The van der Waals surface area contributed by atoms with Crippen LogP contribution in [0.3, 0.4) is 0 Å². The molecule has 0 spiro atoms. The lowest BCUT2D eigenvalue weighted by Crippen LogP contribution is -2.23. The van der Waals surface area contributed by atoms with Gasteiger partial charge in [-0.3, -0.25) is 4.90 Å². The molecule has 10 heavy (non-hydrogen) atoms. The van der Waals surface area contributed by atoms with Crippen LogP contribution in [0.25, 0.3) is 0 Å². The van der Waals surface area contributed by atoms with Gasteiger partial charge in [0.05, 0.1) is 10.3 Å². The number of nitrogens with zero attached hydrogens (tertiary/aromatic N) is 1. The van der Waals surface area contributed by atoms with Gasteiger partial charge in [-0.15, -0.1) is 0 Å². The van der Waals surface area contributed by atoms with Crippen molar-refractivity contribution >= 4 is 32.4 Å². The number of rotatable bonds is 4. The third-order valence-corrected chi connectivity index (χ3v) is 3.14. The molecule has 0 amide bonds. The second-order valence-corrected chi connectivity index (χ2v) is 5.27. The average Bonchev–Trinajstić information content (AvgIpc) is 1.81. The van der Waals surface area contributed by atoms with Crippen LogP contribution in [0.4, 0.5) is 0 Å². The highest BCUT2D eigenvalue weighted by Gasteiger charge is 2.03. The van der Waals surface area contributed by atoms with E-state index >= 15 is 0 Å². The summed E-state index contributed by atoms with van der Waals surface area (Å²) in [5, 5.41) is 0. The van der Waals surface area contributed by atoms with Gasteiger partial charge in [0.15, 0.2) is 0 Å². The van der Waals surface area contributed by atoms with Crippen LogP contribution < -0.4 is 0 Å². The van der Waals surface area contributed by atoms with Crippen LogP contribution in [0, 0.1) is 0 Å². The zero-order valence-corrected chi connectivity index (χ0v) is 9.15. The second kappa shape index (κ2) is 4.50. The first kappa shape index (κ1) is 10.6. The van der Waals surface area contributed by atoms with E-state index in [9.17, 15) is 8.42 Å². The highest BCUT2D eigenvalue weighted by molar-refractivity contribution is 14.1. The Morgan fingerprint density at radius 2 is 2.00 bits per heavy atom. The topological polar surface area (TPSA) is 37.4 Å². The predicted octanol–water partition coefficient (Wildman–Crippen LogP) is 0.355. The lowest BCUT2D eigenvalue weighted by atomic mass is 10.7. The van der Waals surface area contributed by atoms with Gasteiger partial charge in [-0.1, -0.05) is 22.6 Å². The number of hydrogen-bond donors (Lipinski definition) is 0. The number of sulfone groups is 1. The molecule has 0 aromatic carbocycles. The van der Waals surface area contributed by atoms with Gasteiger partial charge in [0.25, 0.3) is 0 Å². The number of alkyl halides is 1. The largest absolute Gasteiger partial charge is 0.296 e. The predicted molar refractivity (Wildman–Crippen MR) is 51.2 cm³/mol. The van der Waals surface area contributed by atoms with Crippen molar-refractivity contribution in [3.8, 4) is 0 Å². The average molecular weight is 277 g/mol. The summed E-state index contributed by atoms with van der Waals surface area (Å²) in [5.41, 5.74) is 0. The van der Waals surface area contributed by atoms with E-state index in [4.69, 9.17) is 0 Å². The van der Waals surface area contributed by atoms with Crippen molar-refractivity contribution in [2.75, 3.05) is 30.2 Å². The van der Waals surface area contributed by atoms with E-state index in [0.29, 0.717) is 6.54 Å². The van der Waals surface area contributed by atoms with Crippen LogP contribution in [0.15, 0.2) is 0 Å². The third-order valence-electron chi connectivity index (χ3n) is 1.05. The Kier molecular flexibility index (Phi) is 4.79. The summed E-state index contributed by atoms with van der Waals surface area (Å²) in [6.07, 6.45) is 1.26. The van der Waals surface area contributed by atoms with Gasteiger partial charge in [-0.25, -0.2) is 8.42 Å². The van der Waals surface area contributed by atoms with Crippen molar-refractivity contribution in [1.29, 1.82) is 0 Å². The first-order valence-electron chi connectivity index (χ1n) is 2.88. The Hall–Kier alpha value is 0.640. The molecule has 0 aliphatic heterocycles. The molecule has 0 heterocycles.